The number of aryl methyl sites for hydroxylation is 1. The molecule has 4 atom stereocenters. The molecule has 0 aliphatic carbocycles. The number of amides is 1. The fourth-order valence-corrected chi connectivity index (χ4v) is 3.67. The van der Waals surface area contributed by atoms with E-state index in [1.165, 1.54) is 12.3 Å². The van der Waals surface area contributed by atoms with Gasteiger partial charge in [0, 0.05) is 37.3 Å². The van der Waals surface area contributed by atoms with Crippen LogP contribution in [0.1, 0.15) is 29.4 Å². The Kier molecular flexibility index (Phi) is 7.80. The number of anilines is 1. The van der Waals surface area contributed by atoms with Gasteiger partial charge in [-0.25, -0.2) is 9.78 Å². The summed E-state index contributed by atoms with van der Waals surface area (Å²) >= 11 is 0. The van der Waals surface area contributed by atoms with Gasteiger partial charge in [0.05, 0.1) is 12.9 Å². The first-order valence-corrected chi connectivity index (χ1v) is 11.0. The van der Waals surface area contributed by atoms with Crippen molar-refractivity contribution in [3.63, 3.8) is 0 Å². The van der Waals surface area contributed by atoms with Crippen LogP contribution in [-0.4, -0.2) is 66.7 Å². The third kappa shape index (κ3) is 5.75. The van der Waals surface area contributed by atoms with E-state index in [1.807, 2.05) is 10.8 Å². The smallest absolute Gasteiger partial charge is 0.351 e. The molecule has 180 valence electrons. The average molecular weight is 469 g/mol. The summed E-state index contributed by atoms with van der Waals surface area (Å²) in [6.07, 6.45) is 3.98. The van der Waals surface area contributed by atoms with Gasteiger partial charge in [-0.15, -0.1) is 0 Å². The first kappa shape index (κ1) is 23.8. The van der Waals surface area contributed by atoms with Crippen LogP contribution in [0, 0.1) is 0 Å². The van der Waals surface area contributed by atoms with Crippen LogP contribution in [0.2, 0.25) is 0 Å². The molecule has 1 aromatic carbocycles. The van der Waals surface area contributed by atoms with E-state index in [4.69, 9.17) is 9.47 Å². The molecule has 3 aromatic rings. The number of aromatic nitrogens is 4. The van der Waals surface area contributed by atoms with Gasteiger partial charge in [0.1, 0.15) is 24.1 Å². The van der Waals surface area contributed by atoms with Crippen molar-refractivity contribution in [3.8, 4) is 0 Å². The summed E-state index contributed by atoms with van der Waals surface area (Å²) in [5.74, 6) is -0.334. The molecule has 0 bridgehead atoms. The Balaban J connectivity index is 1.28. The van der Waals surface area contributed by atoms with E-state index in [2.05, 4.69) is 15.3 Å². The molecule has 1 fully saturated rings. The molecular formula is C23H27N5O6. The van der Waals surface area contributed by atoms with Crippen LogP contribution in [-0.2, 0) is 16.0 Å². The lowest BCUT2D eigenvalue weighted by molar-refractivity contribution is -0.0686. The van der Waals surface area contributed by atoms with Gasteiger partial charge in [0.15, 0.2) is 6.23 Å². The standard InChI is InChI=1S/C23H27N5O6/c29-19-17(14-33-13-5-4-10-27-12-9-24-15-27)34-22(20(19)30)28-11-8-18(26-23(28)32)25-21(31)16-6-2-1-3-7-16/h1-3,6-9,11-12,15,17,19-20,22,29-30H,4-5,10,13-14H2,(H,25,26,31,32)/t17-,19-,20-,22-/m1/s1. The molecule has 11 nitrogen and oxygen atoms in total. The Hall–Kier alpha value is -3.38. The first-order valence-electron chi connectivity index (χ1n) is 11.0. The molecule has 0 spiro atoms. The minimum atomic E-state index is -1.33. The lowest BCUT2D eigenvalue weighted by Crippen LogP contribution is -2.36. The quantitative estimate of drug-likeness (QED) is 0.371. The lowest BCUT2D eigenvalue weighted by Gasteiger charge is -2.17. The number of rotatable bonds is 10. The number of unbranched alkanes of at least 4 members (excludes halogenated alkanes) is 1. The molecule has 0 radical (unpaired) electrons. The fourth-order valence-electron chi connectivity index (χ4n) is 3.67. The number of aliphatic hydroxyl groups excluding tert-OH is 2. The molecular weight excluding hydrogens is 442 g/mol. The second-order valence-corrected chi connectivity index (χ2v) is 7.95. The highest BCUT2D eigenvalue weighted by molar-refractivity contribution is 6.03. The van der Waals surface area contributed by atoms with Gasteiger partial charge >= 0.3 is 5.69 Å². The molecule has 3 N–H and O–H groups in total. The average Bonchev–Trinajstić information content (AvgIpc) is 3.46. The number of nitrogens with zero attached hydrogens (tertiary/aromatic N) is 4. The van der Waals surface area contributed by atoms with Crippen LogP contribution in [0.4, 0.5) is 5.82 Å². The van der Waals surface area contributed by atoms with E-state index >= 15 is 0 Å². The molecule has 3 heterocycles. The van der Waals surface area contributed by atoms with E-state index in [0.717, 1.165) is 24.0 Å². The largest absolute Gasteiger partial charge is 0.387 e. The summed E-state index contributed by atoms with van der Waals surface area (Å²) in [6.45, 7) is 1.39. The Morgan fingerprint density at radius 1 is 1.12 bits per heavy atom. The zero-order chi connectivity index (χ0) is 23.9. The van der Waals surface area contributed by atoms with Crippen molar-refractivity contribution in [2.75, 3.05) is 18.5 Å². The second kappa shape index (κ2) is 11.2. The molecule has 34 heavy (non-hydrogen) atoms. The fraction of sp³-hybridized carbons (Fsp3) is 0.391. The van der Waals surface area contributed by atoms with Gasteiger partial charge in [-0.1, -0.05) is 18.2 Å². The molecule has 1 aliphatic rings. The predicted molar refractivity (Wildman–Crippen MR) is 121 cm³/mol. The molecule has 1 saturated heterocycles. The minimum Gasteiger partial charge on any atom is -0.387 e. The molecule has 2 aromatic heterocycles. The zero-order valence-electron chi connectivity index (χ0n) is 18.4. The topological polar surface area (TPSA) is 141 Å². The SMILES string of the molecule is O=C(Nc1ccn([C@@H]2O[C@H](COCCCCn3ccnc3)[C@@H](O)[C@H]2O)c(=O)n1)c1ccccc1. The zero-order valence-corrected chi connectivity index (χ0v) is 18.4. The molecule has 0 unspecified atom stereocenters. The normalized spacial score (nSPS) is 22.1. The van der Waals surface area contributed by atoms with Crippen molar-refractivity contribution in [2.45, 2.75) is 43.9 Å². The molecule has 1 amide bonds. The van der Waals surface area contributed by atoms with E-state index in [-0.39, 0.29) is 12.4 Å². The van der Waals surface area contributed by atoms with Crippen molar-refractivity contribution in [2.24, 2.45) is 0 Å². The Labute approximate surface area is 195 Å². The summed E-state index contributed by atoms with van der Waals surface area (Å²) in [7, 11) is 0. The Morgan fingerprint density at radius 2 is 1.94 bits per heavy atom. The summed E-state index contributed by atoms with van der Waals surface area (Å²) in [5.41, 5.74) is -0.307. The van der Waals surface area contributed by atoms with Crippen molar-refractivity contribution in [1.29, 1.82) is 0 Å². The predicted octanol–water partition coefficient (Wildman–Crippen LogP) is 0.808. The number of nitrogens with one attached hydrogen (secondary N) is 1. The second-order valence-electron chi connectivity index (χ2n) is 7.95. The summed E-state index contributed by atoms with van der Waals surface area (Å²) in [4.78, 5) is 32.6. The van der Waals surface area contributed by atoms with Crippen molar-refractivity contribution >= 4 is 11.7 Å². The first-order chi connectivity index (χ1) is 16.5. The summed E-state index contributed by atoms with van der Waals surface area (Å²) < 4.78 is 14.4. The van der Waals surface area contributed by atoms with Crippen LogP contribution in [0.15, 0.2) is 66.1 Å². The molecule has 1 aliphatic heterocycles. The van der Waals surface area contributed by atoms with Crippen LogP contribution in [0.25, 0.3) is 0 Å². The molecule has 0 saturated carbocycles. The summed E-state index contributed by atoms with van der Waals surface area (Å²) in [5, 5.41) is 23.3. The number of hydrogen-bond donors (Lipinski definition) is 3. The number of benzene rings is 1. The van der Waals surface area contributed by atoms with Gasteiger partial charge in [-0.3, -0.25) is 9.36 Å². The Morgan fingerprint density at radius 3 is 2.68 bits per heavy atom. The van der Waals surface area contributed by atoms with Gasteiger partial charge in [0.2, 0.25) is 0 Å². The number of hydrogen-bond acceptors (Lipinski definition) is 8. The van der Waals surface area contributed by atoms with Gasteiger partial charge in [-0.2, -0.15) is 4.98 Å². The number of carbonyl (C=O) groups is 1. The number of carbonyl (C=O) groups excluding carboxylic acids is 1. The van der Waals surface area contributed by atoms with Gasteiger partial charge in [0.25, 0.3) is 5.91 Å². The Bertz CT molecular complexity index is 1120. The van der Waals surface area contributed by atoms with Crippen LogP contribution in [0.5, 0.6) is 0 Å². The molecule has 11 heteroatoms. The maximum Gasteiger partial charge on any atom is 0.351 e. The lowest BCUT2D eigenvalue weighted by atomic mass is 10.1. The highest BCUT2D eigenvalue weighted by Crippen LogP contribution is 2.28. The third-order valence-corrected chi connectivity index (χ3v) is 5.52. The van der Waals surface area contributed by atoms with Gasteiger partial charge < -0.3 is 29.6 Å². The van der Waals surface area contributed by atoms with E-state index < -0.39 is 36.1 Å². The maximum absolute atomic E-state index is 12.5. The maximum atomic E-state index is 12.5. The van der Waals surface area contributed by atoms with E-state index in [0.29, 0.717) is 12.2 Å². The number of imidazole rings is 1. The summed E-state index contributed by atoms with van der Waals surface area (Å²) in [6, 6.07) is 9.96. The van der Waals surface area contributed by atoms with Crippen molar-refractivity contribution in [3.05, 3.63) is 77.4 Å². The van der Waals surface area contributed by atoms with Crippen molar-refractivity contribution < 1.29 is 24.5 Å². The molecule has 4 rings (SSSR count). The van der Waals surface area contributed by atoms with Gasteiger partial charge in [-0.05, 0) is 31.0 Å². The monoisotopic (exact) mass is 469 g/mol. The van der Waals surface area contributed by atoms with Crippen LogP contribution < -0.4 is 11.0 Å². The van der Waals surface area contributed by atoms with Crippen LogP contribution >= 0.6 is 0 Å². The minimum absolute atomic E-state index is 0.0683. The van der Waals surface area contributed by atoms with Crippen LogP contribution in [0.3, 0.4) is 0 Å². The highest BCUT2D eigenvalue weighted by Gasteiger charge is 2.44. The number of ether oxygens (including phenoxy) is 2. The van der Waals surface area contributed by atoms with E-state index in [1.54, 1.807) is 42.9 Å². The van der Waals surface area contributed by atoms with Crippen molar-refractivity contribution in [1.82, 2.24) is 19.1 Å². The third-order valence-electron chi connectivity index (χ3n) is 5.52. The van der Waals surface area contributed by atoms with E-state index in [9.17, 15) is 19.8 Å². The number of aliphatic hydroxyl groups is 2. The highest BCUT2D eigenvalue weighted by atomic mass is 16.6.